The second-order valence-electron chi connectivity index (χ2n) is 5.15. The Bertz CT molecular complexity index is 204. The Labute approximate surface area is 99.5 Å². The van der Waals surface area contributed by atoms with Gasteiger partial charge < -0.3 is 10.1 Å². The molecule has 0 aromatic rings. The Hall–Kier alpha value is -0.120. The van der Waals surface area contributed by atoms with Gasteiger partial charge in [0.1, 0.15) is 0 Å². The Morgan fingerprint density at radius 1 is 1.44 bits per heavy atom. The number of hydrogen-bond acceptors (Lipinski definition) is 3. The van der Waals surface area contributed by atoms with Crippen molar-refractivity contribution in [2.45, 2.75) is 57.2 Å². The topological polar surface area (TPSA) is 24.5 Å². The third-order valence-electron chi connectivity index (χ3n) is 4.06. The molecule has 2 aliphatic rings. The van der Waals surface area contributed by atoms with Crippen LogP contribution in [0.4, 0.5) is 0 Å². The van der Waals surface area contributed by atoms with Gasteiger partial charge in [0, 0.05) is 25.2 Å². The molecule has 0 aromatic carbocycles. The molecule has 1 aliphatic heterocycles. The van der Waals surface area contributed by atoms with Gasteiger partial charge in [-0.05, 0) is 32.7 Å². The van der Waals surface area contributed by atoms with Gasteiger partial charge in [-0.3, -0.25) is 4.90 Å². The van der Waals surface area contributed by atoms with E-state index in [4.69, 9.17) is 4.74 Å². The summed E-state index contributed by atoms with van der Waals surface area (Å²) in [5.41, 5.74) is 0. The van der Waals surface area contributed by atoms with Crippen LogP contribution in [-0.4, -0.2) is 49.8 Å². The maximum Gasteiger partial charge on any atom is 0.0731 e. The molecule has 2 rings (SSSR count). The molecule has 3 atom stereocenters. The zero-order valence-electron chi connectivity index (χ0n) is 10.7. The minimum Gasteiger partial charge on any atom is -0.375 e. The molecular formula is C13H26N2O. The average molecular weight is 226 g/mol. The van der Waals surface area contributed by atoms with E-state index >= 15 is 0 Å². The number of fused-ring (bicyclic) bond motifs is 1. The lowest BCUT2D eigenvalue weighted by Crippen LogP contribution is -2.55. The van der Waals surface area contributed by atoms with E-state index in [-0.39, 0.29) is 0 Å². The summed E-state index contributed by atoms with van der Waals surface area (Å²) in [6, 6.07) is 1.42. The molecule has 2 fully saturated rings. The molecule has 1 saturated heterocycles. The van der Waals surface area contributed by atoms with E-state index in [0.717, 1.165) is 19.7 Å². The van der Waals surface area contributed by atoms with E-state index in [9.17, 15) is 0 Å². The van der Waals surface area contributed by atoms with Crippen molar-refractivity contribution >= 4 is 0 Å². The molecule has 0 spiro atoms. The normalized spacial score (nSPS) is 32.6. The third kappa shape index (κ3) is 2.58. The SMILES string of the molecule is CCCC(CNC)N1CCOC2CCCC21. The predicted octanol–water partition coefficient (Wildman–Crippen LogP) is 1.63. The van der Waals surface area contributed by atoms with Crippen LogP contribution >= 0.6 is 0 Å². The van der Waals surface area contributed by atoms with E-state index in [0.29, 0.717) is 18.2 Å². The highest BCUT2D eigenvalue weighted by atomic mass is 16.5. The zero-order valence-corrected chi connectivity index (χ0v) is 10.7. The molecular weight excluding hydrogens is 200 g/mol. The van der Waals surface area contributed by atoms with Gasteiger partial charge in [0.15, 0.2) is 0 Å². The summed E-state index contributed by atoms with van der Waals surface area (Å²) in [7, 11) is 2.06. The molecule has 0 bridgehead atoms. The van der Waals surface area contributed by atoms with Crippen molar-refractivity contribution in [2.24, 2.45) is 0 Å². The lowest BCUT2D eigenvalue weighted by atomic mass is 10.0. The molecule has 3 unspecified atom stereocenters. The summed E-state index contributed by atoms with van der Waals surface area (Å²) in [4.78, 5) is 2.72. The van der Waals surface area contributed by atoms with E-state index in [1.54, 1.807) is 0 Å². The first kappa shape index (κ1) is 12.3. The van der Waals surface area contributed by atoms with Crippen LogP contribution in [0.3, 0.4) is 0 Å². The largest absolute Gasteiger partial charge is 0.375 e. The molecule has 0 aromatic heterocycles. The van der Waals surface area contributed by atoms with Crippen molar-refractivity contribution in [3.63, 3.8) is 0 Å². The highest BCUT2D eigenvalue weighted by molar-refractivity contribution is 4.92. The summed E-state index contributed by atoms with van der Waals surface area (Å²) in [5.74, 6) is 0. The Morgan fingerprint density at radius 2 is 2.31 bits per heavy atom. The van der Waals surface area contributed by atoms with Gasteiger partial charge in [0.2, 0.25) is 0 Å². The first-order chi connectivity index (χ1) is 7.86. The number of rotatable bonds is 5. The quantitative estimate of drug-likeness (QED) is 0.771. The van der Waals surface area contributed by atoms with Crippen LogP contribution in [0.15, 0.2) is 0 Å². The maximum absolute atomic E-state index is 5.88. The molecule has 0 amide bonds. The molecule has 1 saturated carbocycles. The lowest BCUT2D eigenvalue weighted by Gasteiger charge is -2.42. The van der Waals surface area contributed by atoms with Gasteiger partial charge in [-0.1, -0.05) is 13.3 Å². The van der Waals surface area contributed by atoms with Crippen LogP contribution in [0.5, 0.6) is 0 Å². The maximum atomic E-state index is 5.88. The molecule has 1 heterocycles. The summed E-state index contributed by atoms with van der Waals surface area (Å²) in [5, 5.41) is 3.35. The first-order valence-corrected chi connectivity index (χ1v) is 6.88. The summed E-state index contributed by atoms with van der Waals surface area (Å²) >= 11 is 0. The first-order valence-electron chi connectivity index (χ1n) is 6.88. The predicted molar refractivity (Wildman–Crippen MR) is 66.7 cm³/mol. The van der Waals surface area contributed by atoms with Gasteiger partial charge in [-0.25, -0.2) is 0 Å². The van der Waals surface area contributed by atoms with Crippen LogP contribution in [-0.2, 0) is 4.74 Å². The summed E-state index contributed by atoms with van der Waals surface area (Å²) in [6.07, 6.45) is 7.09. The summed E-state index contributed by atoms with van der Waals surface area (Å²) < 4.78 is 5.88. The van der Waals surface area contributed by atoms with E-state index in [1.165, 1.54) is 32.1 Å². The number of nitrogens with one attached hydrogen (secondary N) is 1. The Kier molecular flexibility index (Phi) is 4.62. The fourth-order valence-corrected chi connectivity index (χ4v) is 3.36. The van der Waals surface area contributed by atoms with E-state index < -0.39 is 0 Å². The highest BCUT2D eigenvalue weighted by Gasteiger charge is 2.38. The number of nitrogens with zero attached hydrogens (tertiary/aromatic N) is 1. The number of hydrogen-bond donors (Lipinski definition) is 1. The number of ether oxygens (including phenoxy) is 1. The summed E-state index contributed by atoms with van der Waals surface area (Å²) in [6.45, 7) is 5.48. The van der Waals surface area contributed by atoms with Crippen LogP contribution in [0.1, 0.15) is 39.0 Å². The van der Waals surface area contributed by atoms with Crippen molar-refractivity contribution in [3.05, 3.63) is 0 Å². The van der Waals surface area contributed by atoms with Crippen molar-refractivity contribution < 1.29 is 4.74 Å². The smallest absolute Gasteiger partial charge is 0.0731 e. The fourth-order valence-electron chi connectivity index (χ4n) is 3.36. The van der Waals surface area contributed by atoms with Gasteiger partial charge in [0.25, 0.3) is 0 Å². The number of likely N-dealkylation sites (N-methyl/N-ethyl adjacent to an activating group) is 1. The minimum absolute atomic E-state index is 0.532. The van der Waals surface area contributed by atoms with E-state index in [1.807, 2.05) is 0 Å². The van der Waals surface area contributed by atoms with Gasteiger partial charge in [-0.2, -0.15) is 0 Å². The fraction of sp³-hybridized carbons (Fsp3) is 1.00. The van der Waals surface area contributed by atoms with Gasteiger partial charge in [0.05, 0.1) is 12.7 Å². The number of morpholine rings is 1. The van der Waals surface area contributed by atoms with Gasteiger partial charge >= 0.3 is 0 Å². The molecule has 0 radical (unpaired) electrons. The third-order valence-corrected chi connectivity index (χ3v) is 4.06. The Balaban J connectivity index is 1.98. The molecule has 94 valence electrons. The average Bonchev–Trinajstić information content (AvgIpc) is 2.76. The second kappa shape index (κ2) is 5.99. The van der Waals surface area contributed by atoms with Crippen LogP contribution in [0.2, 0.25) is 0 Å². The molecule has 3 heteroatoms. The van der Waals surface area contributed by atoms with Crippen molar-refractivity contribution in [3.8, 4) is 0 Å². The van der Waals surface area contributed by atoms with Crippen molar-refractivity contribution in [1.82, 2.24) is 10.2 Å². The minimum atomic E-state index is 0.532. The zero-order chi connectivity index (χ0) is 11.4. The highest BCUT2D eigenvalue weighted by Crippen LogP contribution is 2.31. The van der Waals surface area contributed by atoms with E-state index in [2.05, 4.69) is 24.2 Å². The van der Waals surface area contributed by atoms with Crippen LogP contribution < -0.4 is 5.32 Å². The van der Waals surface area contributed by atoms with Crippen molar-refractivity contribution in [1.29, 1.82) is 0 Å². The molecule has 16 heavy (non-hydrogen) atoms. The van der Waals surface area contributed by atoms with Gasteiger partial charge in [-0.15, -0.1) is 0 Å². The van der Waals surface area contributed by atoms with Crippen LogP contribution in [0, 0.1) is 0 Å². The Morgan fingerprint density at radius 3 is 3.06 bits per heavy atom. The van der Waals surface area contributed by atoms with Crippen LogP contribution in [0.25, 0.3) is 0 Å². The molecule has 3 nitrogen and oxygen atoms in total. The molecule has 1 aliphatic carbocycles. The van der Waals surface area contributed by atoms with Crippen molar-refractivity contribution in [2.75, 3.05) is 26.7 Å². The standard InChI is InChI=1S/C13H26N2O/c1-3-5-11(10-14-2)15-8-9-16-13-7-4-6-12(13)15/h11-14H,3-10H2,1-2H3. The molecule has 1 N–H and O–H groups in total. The monoisotopic (exact) mass is 226 g/mol. The lowest BCUT2D eigenvalue weighted by molar-refractivity contribution is -0.0723. The second-order valence-corrected chi connectivity index (χ2v) is 5.15.